The van der Waals surface area contributed by atoms with Crippen molar-refractivity contribution in [1.29, 1.82) is 0 Å². The molecule has 0 aliphatic heterocycles. The van der Waals surface area contributed by atoms with E-state index in [9.17, 15) is 0 Å². The molecule has 0 heterocycles. The predicted octanol–water partition coefficient (Wildman–Crippen LogP) is 2.23. The van der Waals surface area contributed by atoms with Crippen molar-refractivity contribution in [3.8, 4) is 0 Å². The molecule has 1 rings (SSSR count). The number of hydrogen-bond acceptors (Lipinski definition) is 2. The summed E-state index contributed by atoms with van der Waals surface area (Å²) in [7, 11) is 2.22. The Morgan fingerprint density at radius 2 is 2.07 bits per heavy atom. The van der Waals surface area contributed by atoms with Gasteiger partial charge in [0, 0.05) is 12.1 Å². The molecule has 0 saturated heterocycles. The molecule has 84 valence electrons. The normalized spacial score (nSPS) is 32.1. The first kappa shape index (κ1) is 12.0. The van der Waals surface area contributed by atoms with Crippen LogP contribution in [0.15, 0.2) is 0 Å². The lowest BCUT2D eigenvalue weighted by Crippen LogP contribution is -2.56. The number of rotatable bonds is 3. The van der Waals surface area contributed by atoms with Gasteiger partial charge in [0.2, 0.25) is 0 Å². The molecule has 1 aliphatic carbocycles. The van der Waals surface area contributed by atoms with E-state index < -0.39 is 0 Å². The Bertz CT molecular complexity index is 177. The van der Waals surface area contributed by atoms with Gasteiger partial charge in [0.1, 0.15) is 0 Å². The topological polar surface area (TPSA) is 29.3 Å². The van der Waals surface area contributed by atoms with Gasteiger partial charge in [0.15, 0.2) is 0 Å². The molecule has 2 unspecified atom stereocenters. The van der Waals surface area contributed by atoms with E-state index in [0.29, 0.717) is 17.5 Å². The highest BCUT2D eigenvalue weighted by atomic mass is 15.1. The van der Waals surface area contributed by atoms with Crippen LogP contribution < -0.4 is 5.73 Å². The molecular formula is C12H26N2. The third-order valence-corrected chi connectivity index (χ3v) is 3.78. The maximum absolute atomic E-state index is 6.35. The van der Waals surface area contributed by atoms with Gasteiger partial charge in [-0.2, -0.15) is 0 Å². The fourth-order valence-corrected chi connectivity index (χ4v) is 2.65. The Morgan fingerprint density at radius 1 is 1.43 bits per heavy atom. The molecule has 2 nitrogen and oxygen atoms in total. The molecule has 0 aromatic rings. The number of nitrogens with zero attached hydrogens (tertiary/aromatic N) is 1. The Kier molecular flexibility index (Phi) is 3.96. The number of nitrogens with two attached hydrogens (primary N) is 1. The van der Waals surface area contributed by atoms with Crippen LogP contribution in [0, 0.1) is 5.41 Å². The lowest BCUT2D eigenvalue weighted by molar-refractivity contribution is 0.0848. The second kappa shape index (κ2) is 4.63. The molecule has 0 spiro atoms. The maximum atomic E-state index is 6.35. The molecule has 14 heavy (non-hydrogen) atoms. The smallest absolute Gasteiger partial charge is 0.0249 e. The molecule has 2 atom stereocenters. The van der Waals surface area contributed by atoms with Gasteiger partial charge in [-0.15, -0.1) is 0 Å². The predicted molar refractivity (Wildman–Crippen MR) is 62.3 cm³/mol. The summed E-state index contributed by atoms with van der Waals surface area (Å²) in [5.41, 5.74) is 6.67. The van der Waals surface area contributed by atoms with Crippen LogP contribution in [0.5, 0.6) is 0 Å². The molecule has 0 amide bonds. The minimum atomic E-state index is 0.324. The molecular weight excluding hydrogens is 172 g/mol. The average molecular weight is 198 g/mol. The van der Waals surface area contributed by atoms with Crippen LogP contribution in [-0.4, -0.2) is 30.6 Å². The third-order valence-electron chi connectivity index (χ3n) is 3.78. The van der Waals surface area contributed by atoms with Crippen LogP contribution >= 0.6 is 0 Å². The molecule has 2 N–H and O–H groups in total. The molecule has 1 fully saturated rings. The minimum Gasteiger partial charge on any atom is -0.326 e. The quantitative estimate of drug-likeness (QED) is 0.753. The highest BCUT2D eigenvalue weighted by molar-refractivity contribution is 4.95. The summed E-state index contributed by atoms with van der Waals surface area (Å²) in [6.45, 7) is 8.03. The highest BCUT2D eigenvalue weighted by Gasteiger charge is 2.37. The van der Waals surface area contributed by atoms with Crippen molar-refractivity contribution >= 4 is 0 Å². The summed E-state index contributed by atoms with van der Waals surface area (Å²) in [5, 5.41) is 0. The van der Waals surface area contributed by atoms with Gasteiger partial charge in [-0.25, -0.2) is 0 Å². The maximum Gasteiger partial charge on any atom is 0.0249 e. The van der Waals surface area contributed by atoms with Crippen molar-refractivity contribution in [3.05, 3.63) is 0 Å². The second-order valence-corrected chi connectivity index (χ2v) is 5.45. The third kappa shape index (κ3) is 2.48. The largest absolute Gasteiger partial charge is 0.326 e. The summed E-state index contributed by atoms with van der Waals surface area (Å²) in [5.74, 6) is 0. The van der Waals surface area contributed by atoms with Crippen molar-refractivity contribution in [2.75, 3.05) is 13.6 Å². The summed E-state index contributed by atoms with van der Waals surface area (Å²) < 4.78 is 0. The van der Waals surface area contributed by atoms with Gasteiger partial charge in [-0.1, -0.05) is 27.2 Å². The monoisotopic (exact) mass is 198 g/mol. The van der Waals surface area contributed by atoms with Crippen molar-refractivity contribution in [2.45, 2.75) is 58.5 Å². The van der Waals surface area contributed by atoms with Crippen molar-refractivity contribution in [1.82, 2.24) is 4.90 Å². The van der Waals surface area contributed by atoms with Crippen molar-refractivity contribution in [3.63, 3.8) is 0 Å². The van der Waals surface area contributed by atoms with Crippen LogP contribution in [0.4, 0.5) is 0 Å². The fraction of sp³-hybridized carbons (Fsp3) is 1.00. The first-order valence-corrected chi connectivity index (χ1v) is 5.95. The van der Waals surface area contributed by atoms with Crippen LogP contribution in [0.2, 0.25) is 0 Å². The average Bonchev–Trinajstić information content (AvgIpc) is 2.10. The molecule has 0 aromatic heterocycles. The first-order chi connectivity index (χ1) is 6.49. The number of hydrogen-bond donors (Lipinski definition) is 1. The highest BCUT2D eigenvalue weighted by Crippen LogP contribution is 2.36. The molecule has 2 heteroatoms. The van der Waals surface area contributed by atoms with Gasteiger partial charge in [-0.3, -0.25) is 0 Å². The Hall–Kier alpha value is -0.0800. The summed E-state index contributed by atoms with van der Waals surface area (Å²) in [4.78, 5) is 2.45. The Morgan fingerprint density at radius 3 is 2.64 bits per heavy atom. The molecule has 0 aromatic carbocycles. The van der Waals surface area contributed by atoms with E-state index in [1.54, 1.807) is 0 Å². The van der Waals surface area contributed by atoms with E-state index in [4.69, 9.17) is 5.73 Å². The van der Waals surface area contributed by atoms with Crippen molar-refractivity contribution < 1.29 is 0 Å². The van der Waals surface area contributed by atoms with Gasteiger partial charge < -0.3 is 10.6 Å². The molecule has 0 radical (unpaired) electrons. The van der Waals surface area contributed by atoms with Gasteiger partial charge in [0.05, 0.1) is 0 Å². The lowest BCUT2D eigenvalue weighted by Gasteiger charge is -2.45. The standard InChI is InChI=1S/C12H26N2/c1-5-9-14(4)10-7-6-8-12(2,3)11(10)13/h10-11H,5-9,13H2,1-4H3. The zero-order valence-corrected chi connectivity index (χ0v) is 10.2. The van der Waals surface area contributed by atoms with E-state index in [1.165, 1.54) is 32.2 Å². The van der Waals surface area contributed by atoms with E-state index in [-0.39, 0.29) is 0 Å². The molecule has 1 aliphatic rings. The zero-order valence-electron chi connectivity index (χ0n) is 10.2. The Balaban J connectivity index is 2.60. The first-order valence-electron chi connectivity index (χ1n) is 5.95. The summed E-state index contributed by atoms with van der Waals surface area (Å²) in [6.07, 6.45) is 5.12. The van der Waals surface area contributed by atoms with Crippen LogP contribution in [0.3, 0.4) is 0 Å². The van der Waals surface area contributed by atoms with Gasteiger partial charge in [-0.05, 0) is 38.3 Å². The summed E-state index contributed by atoms with van der Waals surface area (Å²) >= 11 is 0. The fourth-order valence-electron chi connectivity index (χ4n) is 2.65. The van der Waals surface area contributed by atoms with E-state index in [1.807, 2.05) is 0 Å². The minimum absolute atomic E-state index is 0.324. The summed E-state index contributed by atoms with van der Waals surface area (Å²) in [6, 6.07) is 0.937. The molecule has 0 bridgehead atoms. The van der Waals surface area contributed by atoms with Gasteiger partial charge in [0.25, 0.3) is 0 Å². The van der Waals surface area contributed by atoms with Crippen LogP contribution in [0.1, 0.15) is 46.5 Å². The molecule has 1 saturated carbocycles. The van der Waals surface area contributed by atoms with Crippen LogP contribution in [0.25, 0.3) is 0 Å². The lowest BCUT2D eigenvalue weighted by atomic mass is 9.71. The van der Waals surface area contributed by atoms with E-state index in [2.05, 4.69) is 32.7 Å². The van der Waals surface area contributed by atoms with E-state index in [0.717, 1.165) is 0 Å². The van der Waals surface area contributed by atoms with Gasteiger partial charge >= 0.3 is 0 Å². The Labute approximate surface area is 88.8 Å². The van der Waals surface area contributed by atoms with Crippen molar-refractivity contribution in [2.24, 2.45) is 11.1 Å². The number of likely N-dealkylation sites (N-methyl/N-ethyl adjacent to an activating group) is 1. The van der Waals surface area contributed by atoms with Crippen LogP contribution in [-0.2, 0) is 0 Å². The zero-order chi connectivity index (χ0) is 10.8. The second-order valence-electron chi connectivity index (χ2n) is 5.45. The van der Waals surface area contributed by atoms with E-state index >= 15 is 0 Å². The SMILES string of the molecule is CCCN(C)C1CCCC(C)(C)C1N.